The molecule has 0 fully saturated rings. The van der Waals surface area contributed by atoms with E-state index in [9.17, 15) is 18.0 Å². The second kappa shape index (κ2) is 7.08. The quantitative estimate of drug-likeness (QED) is 0.816. The van der Waals surface area contributed by atoms with Gasteiger partial charge < -0.3 is 19.7 Å². The van der Waals surface area contributed by atoms with Gasteiger partial charge in [-0.25, -0.2) is 0 Å². The average Bonchev–Trinajstić information content (AvgIpc) is 2.50. The van der Waals surface area contributed by atoms with Crippen LogP contribution >= 0.6 is 0 Å². The first-order valence-electron chi connectivity index (χ1n) is 7.23. The fourth-order valence-electron chi connectivity index (χ4n) is 2.67. The molecule has 0 aliphatic carbocycles. The molecule has 23 heavy (non-hydrogen) atoms. The molecule has 2 N–H and O–H groups in total. The van der Waals surface area contributed by atoms with Crippen molar-refractivity contribution in [2.45, 2.75) is 19.1 Å². The smallest absolute Gasteiger partial charge is 0.405 e. The largest absolute Gasteiger partial charge is 0.493 e. The summed E-state index contributed by atoms with van der Waals surface area (Å²) in [5, 5.41) is 1.91. The van der Waals surface area contributed by atoms with Crippen LogP contribution in [0.4, 0.5) is 13.2 Å². The molecule has 5 nitrogen and oxygen atoms in total. The Morgan fingerprint density at radius 1 is 1.22 bits per heavy atom. The molecule has 0 radical (unpaired) electrons. The Kier molecular flexibility index (Phi) is 5.35. The molecule has 0 aromatic heterocycles. The van der Waals surface area contributed by atoms with E-state index in [4.69, 9.17) is 9.47 Å². The average molecular weight is 333 g/mol. The van der Waals surface area contributed by atoms with Crippen molar-refractivity contribution in [2.24, 2.45) is 0 Å². The highest BCUT2D eigenvalue weighted by Gasteiger charge is 2.29. The van der Waals surface area contributed by atoms with Crippen molar-refractivity contribution in [1.29, 1.82) is 0 Å². The van der Waals surface area contributed by atoms with Crippen molar-refractivity contribution in [2.75, 3.05) is 33.9 Å². The van der Waals surface area contributed by atoms with Crippen molar-refractivity contribution in [3.05, 3.63) is 23.3 Å². The van der Waals surface area contributed by atoms with Gasteiger partial charge in [0.15, 0.2) is 18.0 Å². The Morgan fingerprint density at radius 2 is 1.83 bits per heavy atom. The molecule has 1 aliphatic heterocycles. The van der Waals surface area contributed by atoms with Gasteiger partial charge in [0.05, 0.1) is 20.8 Å². The van der Waals surface area contributed by atoms with Gasteiger partial charge in [-0.15, -0.1) is 0 Å². The molecule has 0 bridgehead atoms. The summed E-state index contributed by atoms with van der Waals surface area (Å²) in [6.45, 7) is -0.0262. The Balaban J connectivity index is 1.98. The Labute approximate surface area is 132 Å². The number of fused-ring (bicyclic) bond motifs is 1. The van der Waals surface area contributed by atoms with Crippen LogP contribution in [0, 0.1) is 0 Å². The monoisotopic (exact) mass is 333 g/mol. The van der Waals surface area contributed by atoms with Crippen molar-refractivity contribution in [3.63, 3.8) is 0 Å². The van der Waals surface area contributed by atoms with Gasteiger partial charge in [0, 0.05) is 12.0 Å². The molecular formula is C15H20F3N2O3+. The summed E-state index contributed by atoms with van der Waals surface area (Å²) in [7, 11) is 3.11. The molecule has 1 atom stereocenters. The molecule has 1 aromatic carbocycles. The van der Waals surface area contributed by atoms with E-state index in [1.165, 1.54) is 0 Å². The lowest BCUT2D eigenvalue weighted by molar-refractivity contribution is -0.908. The van der Waals surface area contributed by atoms with Crippen LogP contribution in [0.15, 0.2) is 12.1 Å². The number of rotatable bonds is 5. The molecule has 1 aromatic rings. The van der Waals surface area contributed by atoms with Crippen LogP contribution in [0.3, 0.4) is 0 Å². The third-order valence-corrected chi connectivity index (χ3v) is 3.79. The van der Waals surface area contributed by atoms with Gasteiger partial charge in [0.1, 0.15) is 13.1 Å². The van der Waals surface area contributed by atoms with E-state index in [1.807, 2.05) is 17.4 Å². The summed E-state index contributed by atoms with van der Waals surface area (Å²) in [5.74, 6) is 0.660. The zero-order valence-electron chi connectivity index (χ0n) is 13.0. The molecule has 1 unspecified atom stereocenters. The minimum Gasteiger partial charge on any atom is -0.493 e. The van der Waals surface area contributed by atoms with E-state index < -0.39 is 18.6 Å². The van der Waals surface area contributed by atoms with Crippen LogP contribution in [0.2, 0.25) is 0 Å². The van der Waals surface area contributed by atoms with Gasteiger partial charge in [-0.1, -0.05) is 0 Å². The first-order chi connectivity index (χ1) is 10.8. The first-order valence-corrected chi connectivity index (χ1v) is 7.23. The normalized spacial score (nSPS) is 17.3. The van der Waals surface area contributed by atoms with Gasteiger partial charge in [0.2, 0.25) is 0 Å². The van der Waals surface area contributed by atoms with E-state index in [2.05, 4.69) is 0 Å². The van der Waals surface area contributed by atoms with Crippen LogP contribution in [0.25, 0.3) is 0 Å². The number of carbonyl (C=O) groups is 1. The van der Waals surface area contributed by atoms with Crippen molar-refractivity contribution in [3.8, 4) is 11.5 Å². The maximum atomic E-state index is 12.1. The molecule has 2 rings (SSSR count). The molecule has 0 saturated heterocycles. The first kappa shape index (κ1) is 17.4. The third-order valence-electron chi connectivity index (χ3n) is 3.79. The summed E-state index contributed by atoms with van der Waals surface area (Å²) in [4.78, 5) is 12.5. The number of carbonyl (C=O) groups excluding carboxylic acids is 1. The molecule has 8 heteroatoms. The number of quaternary nitrogens is 1. The fourth-order valence-corrected chi connectivity index (χ4v) is 2.67. The second-order valence-corrected chi connectivity index (χ2v) is 5.47. The number of hydrogen-bond acceptors (Lipinski definition) is 3. The molecule has 1 amide bonds. The number of amides is 1. The molecule has 128 valence electrons. The van der Waals surface area contributed by atoms with Crippen molar-refractivity contribution < 1.29 is 32.3 Å². The minimum atomic E-state index is -4.39. The number of alkyl halides is 3. The number of ether oxygens (including phenoxy) is 2. The number of methoxy groups -OCH3 is 2. The van der Waals surface area contributed by atoms with E-state index in [-0.39, 0.29) is 6.54 Å². The topological polar surface area (TPSA) is 52.0 Å². The SMILES string of the molecule is COc1cc2c(cc1OC)C[NH+](CC(=O)NCC(F)(F)F)CC2. The van der Waals surface area contributed by atoms with Gasteiger partial charge >= 0.3 is 6.18 Å². The zero-order chi connectivity index (χ0) is 17.0. The summed E-state index contributed by atoms with van der Waals surface area (Å²) in [6.07, 6.45) is -3.65. The summed E-state index contributed by atoms with van der Waals surface area (Å²) in [6, 6.07) is 3.77. The highest BCUT2D eigenvalue weighted by molar-refractivity contribution is 5.76. The summed E-state index contributed by atoms with van der Waals surface area (Å²) >= 11 is 0. The predicted octanol–water partition coefficient (Wildman–Crippen LogP) is 0.323. The van der Waals surface area contributed by atoms with Crippen LogP contribution in [-0.2, 0) is 17.8 Å². The third kappa shape index (κ3) is 4.75. The Bertz CT molecular complexity index is 576. The zero-order valence-corrected chi connectivity index (χ0v) is 13.0. The number of nitrogens with one attached hydrogen (secondary N) is 2. The van der Waals surface area contributed by atoms with E-state index >= 15 is 0 Å². The molecule has 0 saturated carbocycles. The van der Waals surface area contributed by atoms with Crippen LogP contribution in [0.1, 0.15) is 11.1 Å². The van der Waals surface area contributed by atoms with Crippen molar-refractivity contribution >= 4 is 5.91 Å². The maximum Gasteiger partial charge on any atom is 0.405 e. The van der Waals surface area contributed by atoms with Gasteiger partial charge in [-0.2, -0.15) is 13.2 Å². The van der Waals surface area contributed by atoms with Crippen LogP contribution in [0.5, 0.6) is 11.5 Å². The maximum absolute atomic E-state index is 12.1. The minimum absolute atomic E-state index is 0.0177. The summed E-state index contributed by atoms with van der Waals surface area (Å²) in [5.41, 5.74) is 2.13. The highest BCUT2D eigenvalue weighted by Crippen LogP contribution is 2.31. The second-order valence-electron chi connectivity index (χ2n) is 5.47. The Morgan fingerprint density at radius 3 is 2.39 bits per heavy atom. The van der Waals surface area contributed by atoms with Gasteiger partial charge in [0.25, 0.3) is 5.91 Å². The molecular weight excluding hydrogens is 313 g/mol. The predicted molar refractivity (Wildman–Crippen MR) is 76.7 cm³/mol. The van der Waals surface area contributed by atoms with E-state index in [0.717, 1.165) is 22.4 Å². The van der Waals surface area contributed by atoms with Crippen molar-refractivity contribution in [1.82, 2.24) is 5.32 Å². The lowest BCUT2D eigenvalue weighted by atomic mass is 9.99. The standard InChI is InChI=1S/C15H19F3N2O3/c1-22-12-5-10-3-4-20(7-11(10)6-13(12)23-2)8-14(21)19-9-15(16,17)18/h5-6H,3-4,7-9H2,1-2H3,(H,19,21)/p+1. The molecule has 1 aliphatic rings. The number of benzene rings is 1. The lowest BCUT2D eigenvalue weighted by Gasteiger charge is -2.26. The highest BCUT2D eigenvalue weighted by atomic mass is 19.4. The summed E-state index contributed by atoms with van der Waals surface area (Å²) < 4.78 is 46.8. The number of hydrogen-bond donors (Lipinski definition) is 2. The van der Waals surface area contributed by atoms with Crippen LogP contribution < -0.4 is 19.7 Å². The lowest BCUT2D eigenvalue weighted by Crippen LogP contribution is -3.12. The van der Waals surface area contributed by atoms with E-state index in [0.29, 0.717) is 24.6 Å². The van der Waals surface area contributed by atoms with E-state index in [1.54, 1.807) is 14.2 Å². The Hall–Kier alpha value is -1.96. The molecule has 1 heterocycles. The number of halogens is 3. The molecule has 0 spiro atoms. The van der Waals surface area contributed by atoms with Gasteiger partial charge in [-0.05, 0) is 17.7 Å². The van der Waals surface area contributed by atoms with Gasteiger partial charge in [-0.3, -0.25) is 4.79 Å². The van der Waals surface area contributed by atoms with Crippen LogP contribution in [-0.4, -0.2) is 45.9 Å². The fraction of sp³-hybridized carbons (Fsp3) is 0.533.